The van der Waals surface area contributed by atoms with Gasteiger partial charge in [-0.15, -0.1) is 0 Å². The Bertz CT molecular complexity index is 426. The second-order valence-electron chi connectivity index (χ2n) is 5.55. The highest BCUT2D eigenvalue weighted by Crippen LogP contribution is 2.32. The SMILES string of the molecule is CC(C)CCC(C)NCc1ccc(F)cc1C(F)(F)F. The summed E-state index contributed by atoms with van der Waals surface area (Å²) in [6, 6.07) is 2.93. The normalized spacial score (nSPS) is 13.8. The minimum atomic E-state index is -4.53. The highest BCUT2D eigenvalue weighted by atomic mass is 19.4. The molecule has 1 atom stereocenters. The fourth-order valence-electron chi connectivity index (χ4n) is 1.94. The summed E-state index contributed by atoms with van der Waals surface area (Å²) < 4.78 is 51.4. The molecular weight excluding hydrogens is 270 g/mol. The third kappa shape index (κ3) is 5.49. The van der Waals surface area contributed by atoms with Gasteiger partial charge in [0.05, 0.1) is 5.56 Å². The summed E-state index contributed by atoms with van der Waals surface area (Å²) in [6.07, 6.45) is -2.61. The molecule has 0 aromatic heterocycles. The molecule has 0 fully saturated rings. The Balaban J connectivity index is 2.68. The van der Waals surface area contributed by atoms with E-state index in [-0.39, 0.29) is 18.2 Å². The van der Waals surface area contributed by atoms with E-state index in [1.165, 1.54) is 6.07 Å². The Morgan fingerprint density at radius 1 is 1.10 bits per heavy atom. The molecule has 114 valence electrons. The lowest BCUT2D eigenvalue weighted by atomic mass is 10.0. The van der Waals surface area contributed by atoms with Gasteiger partial charge in [0.15, 0.2) is 0 Å². The molecule has 1 aromatic carbocycles. The molecule has 0 aliphatic carbocycles. The second-order valence-corrected chi connectivity index (χ2v) is 5.55. The van der Waals surface area contributed by atoms with Crippen LogP contribution < -0.4 is 5.32 Å². The first-order valence-electron chi connectivity index (χ1n) is 6.79. The molecule has 0 saturated carbocycles. The van der Waals surface area contributed by atoms with Crippen LogP contribution >= 0.6 is 0 Å². The molecule has 0 radical (unpaired) electrons. The van der Waals surface area contributed by atoms with E-state index in [1.807, 2.05) is 6.92 Å². The zero-order valence-corrected chi connectivity index (χ0v) is 12.0. The van der Waals surface area contributed by atoms with Crippen LogP contribution in [0.15, 0.2) is 18.2 Å². The smallest absolute Gasteiger partial charge is 0.310 e. The molecule has 0 heterocycles. The Labute approximate surface area is 117 Å². The van der Waals surface area contributed by atoms with Crippen LogP contribution in [0.25, 0.3) is 0 Å². The van der Waals surface area contributed by atoms with Crippen LogP contribution in [0.2, 0.25) is 0 Å². The number of halogens is 4. The zero-order valence-electron chi connectivity index (χ0n) is 12.0. The molecular formula is C15H21F4N. The van der Waals surface area contributed by atoms with Crippen molar-refractivity contribution >= 4 is 0 Å². The topological polar surface area (TPSA) is 12.0 Å². The Morgan fingerprint density at radius 3 is 2.30 bits per heavy atom. The molecule has 5 heteroatoms. The molecule has 20 heavy (non-hydrogen) atoms. The van der Waals surface area contributed by atoms with Gasteiger partial charge in [0.1, 0.15) is 5.82 Å². The molecule has 1 nitrogen and oxygen atoms in total. The van der Waals surface area contributed by atoms with Crippen LogP contribution in [0.5, 0.6) is 0 Å². The van der Waals surface area contributed by atoms with Gasteiger partial charge in [-0.25, -0.2) is 4.39 Å². The first-order valence-corrected chi connectivity index (χ1v) is 6.79. The van der Waals surface area contributed by atoms with Crippen molar-refractivity contribution < 1.29 is 17.6 Å². The molecule has 0 saturated heterocycles. The van der Waals surface area contributed by atoms with Gasteiger partial charge >= 0.3 is 6.18 Å². The van der Waals surface area contributed by atoms with Crippen molar-refractivity contribution in [3.05, 3.63) is 35.1 Å². The fourth-order valence-corrected chi connectivity index (χ4v) is 1.94. The predicted octanol–water partition coefficient (Wildman–Crippen LogP) is 4.76. The maximum absolute atomic E-state index is 13.0. The van der Waals surface area contributed by atoms with Gasteiger partial charge in [0, 0.05) is 12.6 Å². The fraction of sp³-hybridized carbons (Fsp3) is 0.600. The van der Waals surface area contributed by atoms with Crippen LogP contribution in [0.3, 0.4) is 0 Å². The Kier molecular flexibility index (Phi) is 5.99. The first-order chi connectivity index (χ1) is 9.20. The minimum Gasteiger partial charge on any atom is -0.310 e. The summed E-state index contributed by atoms with van der Waals surface area (Å²) in [6.45, 7) is 6.25. The highest BCUT2D eigenvalue weighted by Gasteiger charge is 2.33. The molecule has 0 spiro atoms. The summed E-state index contributed by atoms with van der Waals surface area (Å²) in [5.74, 6) is -0.301. The molecule has 0 amide bonds. The lowest BCUT2D eigenvalue weighted by molar-refractivity contribution is -0.138. The number of nitrogens with one attached hydrogen (secondary N) is 1. The van der Waals surface area contributed by atoms with E-state index in [9.17, 15) is 17.6 Å². The van der Waals surface area contributed by atoms with Crippen molar-refractivity contribution in [1.82, 2.24) is 5.32 Å². The average Bonchev–Trinajstić information content (AvgIpc) is 2.33. The summed E-state index contributed by atoms with van der Waals surface area (Å²) in [5.41, 5.74) is -0.823. The van der Waals surface area contributed by atoms with E-state index in [0.29, 0.717) is 12.0 Å². The third-order valence-corrected chi connectivity index (χ3v) is 3.20. The summed E-state index contributed by atoms with van der Waals surface area (Å²) in [7, 11) is 0. The zero-order chi connectivity index (χ0) is 15.3. The van der Waals surface area contributed by atoms with Gasteiger partial charge < -0.3 is 5.32 Å². The molecule has 1 N–H and O–H groups in total. The average molecular weight is 291 g/mol. The van der Waals surface area contributed by atoms with Crippen molar-refractivity contribution in [1.29, 1.82) is 0 Å². The largest absolute Gasteiger partial charge is 0.416 e. The van der Waals surface area contributed by atoms with Crippen LogP contribution in [0.4, 0.5) is 17.6 Å². The molecule has 0 bridgehead atoms. The molecule has 1 unspecified atom stereocenters. The number of rotatable bonds is 6. The summed E-state index contributed by atoms with van der Waals surface area (Å²) in [5, 5.41) is 3.06. The van der Waals surface area contributed by atoms with E-state index in [2.05, 4.69) is 19.2 Å². The molecule has 0 aliphatic rings. The van der Waals surface area contributed by atoms with Crippen LogP contribution in [0, 0.1) is 11.7 Å². The third-order valence-electron chi connectivity index (χ3n) is 3.20. The monoisotopic (exact) mass is 291 g/mol. The lowest BCUT2D eigenvalue weighted by Gasteiger charge is -2.18. The summed E-state index contributed by atoms with van der Waals surface area (Å²) >= 11 is 0. The van der Waals surface area contributed by atoms with Gasteiger partial charge in [0.2, 0.25) is 0 Å². The van der Waals surface area contributed by atoms with Gasteiger partial charge in [-0.1, -0.05) is 19.9 Å². The molecule has 1 aromatic rings. The van der Waals surface area contributed by atoms with Crippen LogP contribution in [0.1, 0.15) is 44.7 Å². The standard InChI is InChI=1S/C15H21F4N/c1-10(2)4-5-11(3)20-9-12-6-7-13(16)8-14(12)15(17,18)19/h6-8,10-11,20H,4-5,9H2,1-3H3. The number of hydrogen-bond donors (Lipinski definition) is 1. The van der Waals surface area contributed by atoms with E-state index in [1.54, 1.807) is 0 Å². The highest BCUT2D eigenvalue weighted by molar-refractivity contribution is 5.30. The van der Waals surface area contributed by atoms with E-state index in [0.717, 1.165) is 18.9 Å². The minimum absolute atomic E-state index is 0.0790. The number of hydrogen-bond acceptors (Lipinski definition) is 1. The second kappa shape index (κ2) is 7.07. The van der Waals surface area contributed by atoms with Crippen molar-refractivity contribution in [2.75, 3.05) is 0 Å². The molecule has 1 rings (SSSR count). The van der Waals surface area contributed by atoms with Gasteiger partial charge in [-0.3, -0.25) is 0 Å². The van der Waals surface area contributed by atoms with Crippen LogP contribution in [-0.4, -0.2) is 6.04 Å². The van der Waals surface area contributed by atoms with Gasteiger partial charge in [-0.05, 0) is 43.4 Å². The Morgan fingerprint density at radius 2 is 1.75 bits per heavy atom. The first kappa shape index (κ1) is 17.0. The van der Waals surface area contributed by atoms with Crippen molar-refractivity contribution in [3.63, 3.8) is 0 Å². The van der Waals surface area contributed by atoms with E-state index >= 15 is 0 Å². The maximum atomic E-state index is 13.0. The van der Waals surface area contributed by atoms with Gasteiger partial charge in [0.25, 0.3) is 0 Å². The predicted molar refractivity (Wildman–Crippen MR) is 71.8 cm³/mol. The van der Waals surface area contributed by atoms with E-state index in [4.69, 9.17) is 0 Å². The van der Waals surface area contributed by atoms with Crippen molar-refractivity contribution in [3.8, 4) is 0 Å². The summed E-state index contributed by atoms with van der Waals surface area (Å²) in [4.78, 5) is 0. The molecule has 0 aliphatic heterocycles. The number of benzene rings is 1. The Hall–Kier alpha value is -1.10. The quantitative estimate of drug-likeness (QED) is 0.745. The maximum Gasteiger partial charge on any atom is 0.416 e. The van der Waals surface area contributed by atoms with Crippen molar-refractivity contribution in [2.45, 2.75) is 52.4 Å². The number of alkyl halides is 3. The van der Waals surface area contributed by atoms with Crippen molar-refractivity contribution in [2.24, 2.45) is 5.92 Å². The van der Waals surface area contributed by atoms with E-state index < -0.39 is 17.6 Å². The lowest BCUT2D eigenvalue weighted by Crippen LogP contribution is -2.27. The van der Waals surface area contributed by atoms with Crippen LogP contribution in [-0.2, 0) is 12.7 Å². The van der Waals surface area contributed by atoms with Gasteiger partial charge in [-0.2, -0.15) is 13.2 Å².